The Balaban J connectivity index is 2.12. The molecule has 1 aliphatic rings. The van der Waals surface area contributed by atoms with Crippen LogP contribution in [0.25, 0.3) is 0 Å². The second-order valence-electron chi connectivity index (χ2n) is 2.12. The zero-order valence-electron chi connectivity index (χ0n) is 4.78. The van der Waals surface area contributed by atoms with E-state index in [4.69, 9.17) is 0 Å². The minimum atomic E-state index is 0.652. The Kier molecular flexibility index (Phi) is 2.43. The van der Waals surface area contributed by atoms with Crippen molar-refractivity contribution >= 4 is 0 Å². The molecular weight excluding hydrogens is 199 g/mol. The molecule has 1 fully saturated rings. The van der Waals surface area contributed by atoms with Crippen LogP contribution in [0.3, 0.4) is 0 Å². The fourth-order valence-corrected chi connectivity index (χ4v) is 3.78. The molecule has 1 rings (SSSR count). The summed E-state index contributed by atoms with van der Waals surface area (Å²) in [6.45, 7) is 2.41. The van der Waals surface area contributed by atoms with Gasteiger partial charge >= 0.3 is 55.7 Å². The van der Waals surface area contributed by atoms with Crippen LogP contribution >= 0.6 is 0 Å². The van der Waals surface area contributed by atoms with Gasteiger partial charge in [0.15, 0.2) is 0 Å². The third kappa shape index (κ3) is 1.98. The average Bonchev–Trinajstić information content (AvgIpc) is 1.69. The van der Waals surface area contributed by atoms with Gasteiger partial charge in [-0.3, -0.25) is 0 Å². The van der Waals surface area contributed by atoms with Gasteiger partial charge in [0.1, 0.15) is 0 Å². The topological polar surface area (TPSA) is 0 Å². The second kappa shape index (κ2) is 2.90. The summed E-state index contributed by atoms with van der Waals surface area (Å²) in [6, 6.07) is 0. The molecule has 0 aromatic heterocycles. The Labute approximate surface area is 55.9 Å². The van der Waals surface area contributed by atoms with Gasteiger partial charge in [-0.2, -0.15) is 0 Å². The summed E-state index contributed by atoms with van der Waals surface area (Å²) in [5, 5.41) is 0. The maximum atomic E-state index is 2.41. The first kappa shape index (κ1) is 5.86. The van der Waals surface area contributed by atoms with Gasteiger partial charge in [-0.05, 0) is 0 Å². The molecule has 0 aliphatic carbocycles. The molecule has 0 radical (unpaired) electrons. The third-order valence-electron chi connectivity index (χ3n) is 1.36. The molecule has 0 saturated carbocycles. The molecule has 1 saturated heterocycles. The standard InChI is InChI=1S/C6H12I/c1-6-4-2-3-5-7-6/h6H,2-5H2,1H3/q-1/t6-/m0/s1. The van der Waals surface area contributed by atoms with E-state index in [-0.39, 0.29) is 0 Å². The predicted molar refractivity (Wildman–Crippen MR) is 28.2 cm³/mol. The van der Waals surface area contributed by atoms with Crippen LogP contribution in [0.1, 0.15) is 26.2 Å². The number of halogens is 1. The fraction of sp³-hybridized carbons (Fsp3) is 1.00. The van der Waals surface area contributed by atoms with Crippen molar-refractivity contribution in [3.63, 3.8) is 0 Å². The molecule has 1 heteroatoms. The molecule has 0 bridgehead atoms. The number of alkyl halides is 2. The van der Waals surface area contributed by atoms with Crippen molar-refractivity contribution in [3.05, 3.63) is 0 Å². The number of hydrogen-bond acceptors (Lipinski definition) is 0. The van der Waals surface area contributed by atoms with Crippen LogP contribution in [0.15, 0.2) is 0 Å². The van der Waals surface area contributed by atoms with Crippen molar-refractivity contribution in [3.8, 4) is 0 Å². The summed E-state index contributed by atoms with van der Waals surface area (Å²) in [5.74, 6) is 0. The van der Waals surface area contributed by atoms with Crippen LogP contribution in [0, 0.1) is 0 Å². The van der Waals surface area contributed by atoms with Crippen molar-refractivity contribution < 1.29 is 21.2 Å². The second-order valence-corrected chi connectivity index (χ2v) is 6.21. The van der Waals surface area contributed by atoms with E-state index < -0.39 is 0 Å². The monoisotopic (exact) mass is 211 g/mol. The molecule has 0 unspecified atom stereocenters. The van der Waals surface area contributed by atoms with Gasteiger partial charge in [0.2, 0.25) is 0 Å². The summed E-state index contributed by atoms with van der Waals surface area (Å²) >= 11 is 0.652. The van der Waals surface area contributed by atoms with Crippen molar-refractivity contribution in [2.45, 2.75) is 30.1 Å². The van der Waals surface area contributed by atoms with Gasteiger partial charge in [-0.15, -0.1) is 0 Å². The van der Waals surface area contributed by atoms with Crippen molar-refractivity contribution in [1.29, 1.82) is 0 Å². The fourth-order valence-electron chi connectivity index (χ4n) is 0.861. The van der Waals surface area contributed by atoms with Gasteiger partial charge in [0.05, 0.1) is 0 Å². The molecule has 0 N–H and O–H groups in total. The molecule has 0 spiro atoms. The summed E-state index contributed by atoms with van der Waals surface area (Å²) in [6.07, 6.45) is 4.59. The van der Waals surface area contributed by atoms with E-state index in [1.165, 1.54) is 19.3 Å². The van der Waals surface area contributed by atoms with E-state index in [1.807, 2.05) is 0 Å². The molecule has 0 aromatic rings. The third-order valence-corrected chi connectivity index (χ3v) is 4.87. The Morgan fingerprint density at radius 1 is 1.43 bits per heavy atom. The normalized spacial score (nSPS) is 34.1. The summed E-state index contributed by atoms with van der Waals surface area (Å²) in [5.41, 5.74) is 0. The first-order valence-corrected chi connectivity index (χ1v) is 5.74. The predicted octanol–water partition coefficient (Wildman–Crippen LogP) is -1.35. The molecule has 7 heavy (non-hydrogen) atoms. The van der Waals surface area contributed by atoms with Crippen molar-refractivity contribution in [2.24, 2.45) is 0 Å². The molecule has 1 atom stereocenters. The van der Waals surface area contributed by atoms with Gasteiger partial charge < -0.3 is 0 Å². The first-order valence-electron chi connectivity index (χ1n) is 2.97. The SMILES string of the molecule is C[C@H]1CCCC[I-]1. The van der Waals surface area contributed by atoms with E-state index in [0.29, 0.717) is 21.2 Å². The molecule has 0 aromatic carbocycles. The van der Waals surface area contributed by atoms with Crippen LogP contribution in [-0.2, 0) is 0 Å². The molecule has 1 aliphatic heterocycles. The summed E-state index contributed by atoms with van der Waals surface area (Å²) in [4.78, 5) is 0. The van der Waals surface area contributed by atoms with Crippen molar-refractivity contribution in [1.82, 2.24) is 0 Å². The zero-order chi connectivity index (χ0) is 5.11. The first-order chi connectivity index (χ1) is 3.39. The zero-order valence-corrected chi connectivity index (χ0v) is 6.94. The minimum absolute atomic E-state index is 0.652. The van der Waals surface area contributed by atoms with Gasteiger partial charge in [0.25, 0.3) is 0 Å². The van der Waals surface area contributed by atoms with Gasteiger partial charge in [-0.25, -0.2) is 0 Å². The van der Waals surface area contributed by atoms with E-state index in [0.717, 1.165) is 3.92 Å². The maximum absolute atomic E-state index is 2.41. The van der Waals surface area contributed by atoms with Gasteiger partial charge in [-0.1, -0.05) is 0 Å². The van der Waals surface area contributed by atoms with Crippen LogP contribution in [0.4, 0.5) is 0 Å². The molecule has 0 amide bonds. The molecule has 44 valence electrons. The number of rotatable bonds is 0. The van der Waals surface area contributed by atoms with E-state index in [2.05, 4.69) is 6.92 Å². The van der Waals surface area contributed by atoms with E-state index >= 15 is 0 Å². The average molecular weight is 211 g/mol. The van der Waals surface area contributed by atoms with E-state index in [1.54, 1.807) is 4.43 Å². The number of hydrogen-bond donors (Lipinski definition) is 0. The van der Waals surface area contributed by atoms with E-state index in [9.17, 15) is 0 Å². The van der Waals surface area contributed by atoms with Gasteiger partial charge in [0, 0.05) is 0 Å². The molecular formula is C6H12I-. The Bertz CT molecular complexity index is 46.1. The Hall–Kier alpha value is 0.730. The summed E-state index contributed by atoms with van der Waals surface area (Å²) < 4.78 is 2.74. The molecule has 1 heterocycles. The van der Waals surface area contributed by atoms with Crippen LogP contribution in [0.2, 0.25) is 0 Å². The van der Waals surface area contributed by atoms with Crippen molar-refractivity contribution in [2.75, 3.05) is 4.43 Å². The van der Waals surface area contributed by atoms with Crippen LogP contribution < -0.4 is 21.2 Å². The quantitative estimate of drug-likeness (QED) is 0.343. The Morgan fingerprint density at radius 2 is 2.29 bits per heavy atom. The Morgan fingerprint density at radius 3 is 2.57 bits per heavy atom. The van der Waals surface area contributed by atoms with Crippen LogP contribution in [0.5, 0.6) is 0 Å². The summed E-state index contributed by atoms with van der Waals surface area (Å²) in [7, 11) is 0. The van der Waals surface area contributed by atoms with Crippen LogP contribution in [-0.4, -0.2) is 8.35 Å². The molecule has 0 nitrogen and oxygen atoms in total.